The number of alkyl halides is 1. The van der Waals surface area contributed by atoms with E-state index in [1.54, 1.807) is 12.4 Å². The van der Waals surface area contributed by atoms with E-state index in [1.165, 1.54) is 0 Å². The van der Waals surface area contributed by atoms with Crippen LogP contribution in [0.25, 0.3) is 0 Å². The van der Waals surface area contributed by atoms with Gasteiger partial charge < -0.3 is 5.32 Å². The molecule has 0 saturated heterocycles. The van der Waals surface area contributed by atoms with E-state index in [4.69, 9.17) is 0 Å². The first-order valence-electron chi connectivity index (χ1n) is 4.49. The minimum atomic E-state index is 0.483. The van der Waals surface area contributed by atoms with Gasteiger partial charge in [0.15, 0.2) is 0 Å². The first-order chi connectivity index (χ1) is 6.18. The Hall–Kier alpha value is -0.570. The lowest BCUT2D eigenvalue weighted by atomic mass is 10.2. The van der Waals surface area contributed by atoms with Crippen LogP contribution in [0.5, 0.6) is 0 Å². The normalized spacial score (nSPS) is 15.0. The van der Waals surface area contributed by atoms with Crippen molar-refractivity contribution < 1.29 is 0 Å². The Bertz CT molecular complexity index is 236. The number of aromatic nitrogens is 1. The van der Waals surface area contributed by atoms with Crippen LogP contribution in [0.1, 0.15) is 20.3 Å². The van der Waals surface area contributed by atoms with Gasteiger partial charge in [0.25, 0.3) is 0 Å². The van der Waals surface area contributed by atoms with E-state index >= 15 is 0 Å². The Kier molecular flexibility index (Phi) is 4.22. The molecule has 0 spiro atoms. The highest BCUT2D eigenvalue weighted by atomic mass is 79.9. The molecule has 0 aliphatic carbocycles. The molecule has 0 aromatic carbocycles. The summed E-state index contributed by atoms with van der Waals surface area (Å²) in [5, 5.41) is 3.40. The predicted molar refractivity (Wildman–Crippen MR) is 60.3 cm³/mol. The van der Waals surface area contributed by atoms with E-state index in [0.29, 0.717) is 10.9 Å². The maximum absolute atomic E-state index is 3.96. The number of nitrogens with one attached hydrogen (secondary N) is 1. The van der Waals surface area contributed by atoms with Crippen LogP contribution in [0.15, 0.2) is 24.5 Å². The molecule has 2 nitrogen and oxygen atoms in total. The molecule has 1 heterocycles. The summed E-state index contributed by atoms with van der Waals surface area (Å²) in [6, 6.07) is 4.45. The van der Waals surface area contributed by atoms with Gasteiger partial charge in [-0.05, 0) is 25.5 Å². The summed E-state index contributed by atoms with van der Waals surface area (Å²) in [6.07, 6.45) is 4.71. The van der Waals surface area contributed by atoms with E-state index in [1.807, 2.05) is 12.1 Å². The van der Waals surface area contributed by atoms with E-state index in [-0.39, 0.29) is 0 Å². The number of halogens is 1. The highest BCUT2D eigenvalue weighted by molar-refractivity contribution is 9.09. The zero-order valence-electron chi connectivity index (χ0n) is 8.00. The van der Waals surface area contributed by atoms with Gasteiger partial charge in [0.1, 0.15) is 0 Å². The Morgan fingerprint density at radius 3 is 2.54 bits per heavy atom. The molecular formula is C10H15BrN2. The van der Waals surface area contributed by atoms with Crippen LogP contribution in [-0.4, -0.2) is 15.9 Å². The number of rotatable bonds is 4. The lowest BCUT2D eigenvalue weighted by Gasteiger charge is -2.15. The molecule has 0 aliphatic rings. The molecule has 2 atom stereocenters. The van der Waals surface area contributed by atoms with Gasteiger partial charge in [-0.3, -0.25) is 4.98 Å². The SMILES string of the molecule is CC(Br)CC(C)Nc1ccncc1. The van der Waals surface area contributed by atoms with Gasteiger partial charge in [-0.15, -0.1) is 0 Å². The third-order valence-corrected chi connectivity index (χ3v) is 2.15. The predicted octanol–water partition coefficient (Wildman–Crippen LogP) is 3.06. The minimum absolute atomic E-state index is 0.483. The van der Waals surface area contributed by atoms with Crippen LogP contribution in [-0.2, 0) is 0 Å². The Balaban J connectivity index is 2.41. The summed E-state index contributed by atoms with van der Waals surface area (Å²) >= 11 is 3.54. The Morgan fingerprint density at radius 1 is 1.38 bits per heavy atom. The number of hydrogen-bond donors (Lipinski definition) is 1. The Labute approximate surface area is 87.9 Å². The van der Waals surface area contributed by atoms with Crippen LogP contribution < -0.4 is 5.32 Å². The molecule has 0 bridgehead atoms. The largest absolute Gasteiger partial charge is 0.382 e. The van der Waals surface area contributed by atoms with Crippen molar-refractivity contribution in [2.45, 2.75) is 31.1 Å². The van der Waals surface area contributed by atoms with Gasteiger partial charge in [-0.25, -0.2) is 0 Å². The lowest BCUT2D eigenvalue weighted by Crippen LogP contribution is -2.18. The molecule has 3 heteroatoms. The molecule has 1 aromatic rings. The summed E-state index contributed by atoms with van der Waals surface area (Å²) in [5.74, 6) is 0. The standard InChI is InChI=1S/C10H15BrN2/c1-8(11)7-9(2)13-10-3-5-12-6-4-10/h3-6,8-9H,7H2,1-2H3,(H,12,13). The van der Waals surface area contributed by atoms with Crippen molar-refractivity contribution in [2.24, 2.45) is 0 Å². The molecule has 72 valence electrons. The van der Waals surface area contributed by atoms with Crippen molar-refractivity contribution >= 4 is 21.6 Å². The van der Waals surface area contributed by atoms with E-state index in [9.17, 15) is 0 Å². The van der Waals surface area contributed by atoms with Crippen molar-refractivity contribution in [1.29, 1.82) is 0 Å². The van der Waals surface area contributed by atoms with Gasteiger partial charge in [0.05, 0.1) is 0 Å². The van der Waals surface area contributed by atoms with Crippen LogP contribution >= 0.6 is 15.9 Å². The zero-order chi connectivity index (χ0) is 9.68. The highest BCUT2D eigenvalue weighted by Crippen LogP contribution is 2.12. The number of nitrogens with zero attached hydrogens (tertiary/aromatic N) is 1. The van der Waals surface area contributed by atoms with Crippen molar-refractivity contribution in [3.63, 3.8) is 0 Å². The summed E-state index contributed by atoms with van der Waals surface area (Å²) in [6.45, 7) is 4.34. The topological polar surface area (TPSA) is 24.9 Å². The summed E-state index contributed by atoms with van der Waals surface area (Å²) < 4.78 is 0. The Morgan fingerprint density at radius 2 is 2.00 bits per heavy atom. The molecule has 1 N–H and O–H groups in total. The number of pyridine rings is 1. The van der Waals surface area contributed by atoms with Gasteiger partial charge >= 0.3 is 0 Å². The minimum Gasteiger partial charge on any atom is -0.382 e. The van der Waals surface area contributed by atoms with Gasteiger partial charge in [-0.2, -0.15) is 0 Å². The maximum Gasteiger partial charge on any atom is 0.0373 e. The van der Waals surface area contributed by atoms with Gasteiger partial charge in [0, 0.05) is 29.0 Å². The lowest BCUT2D eigenvalue weighted by molar-refractivity contribution is 0.708. The fourth-order valence-corrected chi connectivity index (χ4v) is 1.84. The quantitative estimate of drug-likeness (QED) is 0.822. The number of anilines is 1. The monoisotopic (exact) mass is 242 g/mol. The molecule has 0 fully saturated rings. The first-order valence-corrected chi connectivity index (χ1v) is 5.40. The molecule has 0 radical (unpaired) electrons. The highest BCUT2D eigenvalue weighted by Gasteiger charge is 2.04. The van der Waals surface area contributed by atoms with Crippen molar-refractivity contribution in [2.75, 3.05) is 5.32 Å². The van der Waals surface area contributed by atoms with Crippen LogP contribution in [0, 0.1) is 0 Å². The fraction of sp³-hybridized carbons (Fsp3) is 0.500. The maximum atomic E-state index is 3.96. The summed E-state index contributed by atoms with van der Waals surface area (Å²) in [4.78, 5) is 4.52. The van der Waals surface area contributed by atoms with Crippen LogP contribution in [0.3, 0.4) is 0 Å². The smallest absolute Gasteiger partial charge is 0.0373 e. The first kappa shape index (κ1) is 10.5. The molecular weight excluding hydrogens is 228 g/mol. The van der Waals surface area contributed by atoms with Crippen molar-refractivity contribution in [3.8, 4) is 0 Å². The van der Waals surface area contributed by atoms with Crippen LogP contribution in [0.2, 0.25) is 0 Å². The molecule has 2 unspecified atom stereocenters. The van der Waals surface area contributed by atoms with Gasteiger partial charge in [0.2, 0.25) is 0 Å². The van der Waals surface area contributed by atoms with E-state index in [0.717, 1.165) is 12.1 Å². The third kappa shape index (κ3) is 4.27. The molecule has 0 amide bonds. The van der Waals surface area contributed by atoms with Gasteiger partial charge in [-0.1, -0.05) is 22.9 Å². The van der Waals surface area contributed by atoms with Crippen molar-refractivity contribution in [3.05, 3.63) is 24.5 Å². The molecule has 1 rings (SSSR count). The molecule has 1 aromatic heterocycles. The van der Waals surface area contributed by atoms with E-state index in [2.05, 4.69) is 40.1 Å². The summed E-state index contributed by atoms with van der Waals surface area (Å²) in [5.41, 5.74) is 1.13. The summed E-state index contributed by atoms with van der Waals surface area (Å²) in [7, 11) is 0. The third-order valence-electron chi connectivity index (χ3n) is 1.77. The second-order valence-corrected chi connectivity index (χ2v) is 4.86. The van der Waals surface area contributed by atoms with Crippen molar-refractivity contribution in [1.82, 2.24) is 4.98 Å². The molecule has 13 heavy (non-hydrogen) atoms. The molecule has 0 aliphatic heterocycles. The second-order valence-electron chi connectivity index (χ2n) is 3.30. The van der Waals surface area contributed by atoms with Crippen LogP contribution in [0.4, 0.5) is 5.69 Å². The molecule has 0 saturated carbocycles. The van der Waals surface area contributed by atoms with E-state index < -0.39 is 0 Å². The average Bonchev–Trinajstić information content (AvgIpc) is 2.04. The average molecular weight is 243 g/mol. The number of hydrogen-bond acceptors (Lipinski definition) is 2. The second kappa shape index (κ2) is 5.22. The zero-order valence-corrected chi connectivity index (χ0v) is 9.58. The fourth-order valence-electron chi connectivity index (χ4n) is 1.28.